The van der Waals surface area contributed by atoms with Crippen LogP contribution in [0, 0.1) is 7.14 Å². The molecule has 0 radical (unpaired) electrons. The molecule has 1 aromatic carbocycles. The molecule has 14 heavy (non-hydrogen) atoms. The number of rotatable bonds is 2. The summed E-state index contributed by atoms with van der Waals surface area (Å²) in [6, 6.07) is 4.00. The molecule has 0 bridgehead atoms. The smallest absolute Gasteiger partial charge is 0.361 e. The van der Waals surface area contributed by atoms with E-state index in [9.17, 15) is 0 Å². The van der Waals surface area contributed by atoms with E-state index in [2.05, 4.69) is 45.2 Å². The van der Waals surface area contributed by atoms with Gasteiger partial charge in [-0.3, -0.25) is 0 Å². The highest BCUT2D eigenvalue weighted by Gasteiger charge is 2.28. The van der Waals surface area contributed by atoms with Crippen molar-refractivity contribution in [2.45, 2.75) is 13.4 Å². The van der Waals surface area contributed by atoms with E-state index < -0.39 is 6.48 Å². The fourth-order valence-corrected chi connectivity index (χ4v) is 2.26. The van der Waals surface area contributed by atoms with Gasteiger partial charge in [-0.25, -0.2) is 0 Å². The van der Waals surface area contributed by atoms with E-state index in [1.807, 2.05) is 19.1 Å². The third-order valence-corrected chi connectivity index (χ3v) is 3.45. The lowest BCUT2D eigenvalue weighted by Crippen LogP contribution is -2.21. The van der Waals surface area contributed by atoms with Gasteiger partial charge in [-0.05, 0) is 64.2 Å². The van der Waals surface area contributed by atoms with Gasteiger partial charge in [-0.15, -0.1) is 0 Å². The van der Waals surface area contributed by atoms with Crippen LogP contribution in [0.3, 0.4) is 0 Å². The van der Waals surface area contributed by atoms with Crippen LogP contribution in [0.15, 0.2) is 12.1 Å². The quantitative estimate of drug-likeness (QED) is 0.692. The minimum Gasteiger partial charge on any atom is -0.427 e. The second-order valence-electron chi connectivity index (χ2n) is 2.67. The average molecular weight is 418 g/mol. The van der Waals surface area contributed by atoms with Crippen molar-refractivity contribution in [3.63, 3.8) is 0 Å². The Morgan fingerprint density at radius 2 is 1.71 bits per heavy atom. The number of hydrogen-bond acceptors (Lipinski definition) is 3. The van der Waals surface area contributed by atoms with Crippen LogP contribution in [0.2, 0.25) is 0 Å². The fourth-order valence-electron chi connectivity index (χ4n) is 1.15. The average Bonchev–Trinajstić information content (AvgIpc) is 2.57. The lowest BCUT2D eigenvalue weighted by Gasteiger charge is -2.08. The molecular weight excluding hydrogens is 410 g/mol. The molecule has 0 spiro atoms. The minimum atomic E-state index is -0.584. The monoisotopic (exact) mass is 418 g/mol. The first-order valence-electron chi connectivity index (χ1n) is 4.15. The lowest BCUT2D eigenvalue weighted by molar-refractivity contribution is -0.173. The molecule has 0 aromatic heterocycles. The summed E-state index contributed by atoms with van der Waals surface area (Å²) in [5.74, 6) is 1.58. The van der Waals surface area contributed by atoms with Crippen LogP contribution < -0.4 is 9.47 Å². The van der Waals surface area contributed by atoms with Gasteiger partial charge in [0, 0.05) is 0 Å². The molecule has 0 unspecified atom stereocenters. The van der Waals surface area contributed by atoms with Gasteiger partial charge in [0.2, 0.25) is 0 Å². The molecule has 1 aromatic rings. The van der Waals surface area contributed by atoms with Crippen molar-refractivity contribution in [3.05, 3.63) is 19.3 Å². The van der Waals surface area contributed by atoms with Crippen molar-refractivity contribution in [2.24, 2.45) is 0 Å². The Morgan fingerprint density at radius 1 is 1.21 bits per heavy atom. The highest BCUT2D eigenvalue weighted by molar-refractivity contribution is 14.1. The van der Waals surface area contributed by atoms with Gasteiger partial charge in [-0.1, -0.05) is 0 Å². The summed E-state index contributed by atoms with van der Waals surface area (Å²) in [6.07, 6.45) is 0. The van der Waals surface area contributed by atoms with Gasteiger partial charge in [0.15, 0.2) is 11.5 Å². The van der Waals surface area contributed by atoms with Crippen LogP contribution in [0.25, 0.3) is 0 Å². The first-order valence-corrected chi connectivity index (χ1v) is 6.31. The second kappa shape index (κ2) is 4.40. The topological polar surface area (TPSA) is 27.7 Å². The van der Waals surface area contributed by atoms with E-state index in [0.29, 0.717) is 6.61 Å². The van der Waals surface area contributed by atoms with Gasteiger partial charge in [0.1, 0.15) is 0 Å². The fraction of sp³-hybridized carbons (Fsp3) is 0.333. The summed E-state index contributed by atoms with van der Waals surface area (Å²) in [4.78, 5) is 0. The van der Waals surface area contributed by atoms with Gasteiger partial charge in [0.05, 0.1) is 13.7 Å². The maximum atomic E-state index is 5.50. The van der Waals surface area contributed by atoms with Crippen LogP contribution in [-0.4, -0.2) is 13.1 Å². The number of ether oxygens (including phenoxy) is 3. The van der Waals surface area contributed by atoms with E-state index >= 15 is 0 Å². The largest absolute Gasteiger partial charge is 0.427 e. The van der Waals surface area contributed by atoms with E-state index in [-0.39, 0.29) is 0 Å². The standard InChI is InChI=1S/C9H8I2O3/c1-2-12-9-13-7-5(10)3-4-6(11)8(7)14-9/h3-4,9H,2H2,1H3. The van der Waals surface area contributed by atoms with Crippen molar-refractivity contribution in [1.29, 1.82) is 0 Å². The summed E-state index contributed by atoms with van der Waals surface area (Å²) in [5, 5.41) is 0. The van der Waals surface area contributed by atoms with Gasteiger partial charge in [-0.2, -0.15) is 0 Å². The third kappa shape index (κ3) is 1.94. The van der Waals surface area contributed by atoms with E-state index in [1.54, 1.807) is 0 Å². The van der Waals surface area contributed by atoms with Crippen molar-refractivity contribution >= 4 is 45.2 Å². The van der Waals surface area contributed by atoms with Gasteiger partial charge >= 0.3 is 6.48 Å². The molecule has 3 nitrogen and oxygen atoms in total. The zero-order valence-corrected chi connectivity index (χ0v) is 11.7. The van der Waals surface area contributed by atoms with Crippen molar-refractivity contribution in [3.8, 4) is 11.5 Å². The molecule has 0 atom stereocenters. The zero-order valence-electron chi connectivity index (χ0n) is 7.42. The zero-order chi connectivity index (χ0) is 10.1. The molecule has 1 aliphatic rings. The molecular formula is C9H8I2O3. The van der Waals surface area contributed by atoms with Crippen LogP contribution in [-0.2, 0) is 4.74 Å². The first kappa shape index (κ1) is 10.7. The molecule has 0 saturated heterocycles. The van der Waals surface area contributed by atoms with Crippen LogP contribution in [0.5, 0.6) is 11.5 Å². The van der Waals surface area contributed by atoms with Crippen LogP contribution >= 0.6 is 45.2 Å². The number of hydrogen-bond donors (Lipinski definition) is 0. The lowest BCUT2D eigenvalue weighted by atomic mass is 10.3. The summed E-state index contributed by atoms with van der Waals surface area (Å²) in [7, 11) is 0. The Bertz CT molecular complexity index is 323. The highest BCUT2D eigenvalue weighted by Crippen LogP contribution is 2.42. The Hall–Kier alpha value is 0.240. The van der Waals surface area contributed by atoms with Crippen LogP contribution in [0.1, 0.15) is 6.92 Å². The molecule has 1 aliphatic heterocycles. The molecule has 1 heterocycles. The maximum absolute atomic E-state index is 5.50. The van der Waals surface area contributed by atoms with Gasteiger partial charge < -0.3 is 14.2 Å². The van der Waals surface area contributed by atoms with Crippen LogP contribution in [0.4, 0.5) is 0 Å². The Labute approximate surface area is 109 Å². The summed E-state index contributed by atoms with van der Waals surface area (Å²) < 4.78 is 18.3. The molecule has 5 heteroatoms. The predicted molar refractivity (Wildman–Crippen MR) is 68.5 cm³/mol. The summed E-state index contributed by atoms with van der Waals surface area (Å²) in [5.41, 5.74) is 0. The van der Waals surface area contributed by atoms with E-state index in [0.717, 1.165) is 18.6 Å². The van der Waals surface area contributed by atoms with E-state index in [1.165, 1.54) is 0 Å². The maximum Gasteiger partial charge on any atom is 0.361 e. The molecule has 0 aliphatic carbocycles. The molecule has 0 fully saturated rings. The Kier molecular flexibility index (Phi) is 3.38. The number of fused-ring (bicyclic) bond motifs is 1. The minimum absolute atomic E-state index is 0.575. The number of halogens is 2. The normalized spacial score (nSPS) is 14.8. The Balaban J connectivity index is 2.29. The number of benzene rings is 1. The summed E-state index contributed by atoms with van der Waals surface area (Å²) >= 11 is 4.43. The molecule has 76 valence electrons. The van der Waals surface area contributed by atoms with Crippen molar-refractivity contribution in [1.82, 2.24) is 0 Å². The molecule has 0 amide bonds. The van der Waals surface area contributed by atoms with Crippen molar-refractivity contribution in [2.75, 3.05) is 6.61 Å². The SMILES string of the molecule is CCOC1Oc2c(I)ccc(I)c2O1. The van der Waals surface area contributed by atoms with Gasteiger partial charge in [0.25, 0.3) is 0 Å². The van der Waals surface area contributed by atoms with E-state index in [4.69, 9.17) is 14.2 Å². The van der Waals surface area contributed by atoms with Crippen molar-refractivity contribution < 1.29 is 14.2 Å². The molecule has 2 rings (SSSR count). The highest BCUT2D eigenvalue weighted by atomic mass is 127. The molecule has 0 saturated carbocycles. The summed E-state index contributed by atoms with van der Waals surface area (Å²) in [6.45, 7) is 1.90. The first-order chi connectivity index (χ1) is 6.72. The molecule has 0 N–H and O–H groups in total. The second-order valence-corrected chi connectivity index (χ2v) is 4.99. The Morgan fingerprint density at radius 3 is 2.14 bits per heavy atom. The predicted octanol–water partition coefficient (Wildman–Crippen LogP) is 2.99. The third-order valence-electron chi connectivity index (χ3n) is 1.75.